The minimum Gasteiger partial charge on any atom is -0.444 e. The zero-order chi connectivity index (χ0) is 37.8. The minimum absolute atomic E-state index is 0.231. The number of rotatable bonds is 11. The summed E-state index contributed by atoms with van der Waals surface area (Å²) in [6, 6.07) is 12.3. The lowest BCUT2D eigenvalue weighted by Gasteiger charge is -2.29. The molecule has 1 aromatic carbocycles. The molecule has 0 radical (unpaired) electrons. The van der Waals surface area contributed by atoms with Crippen LogP contribution in [-0.4, -0.2) is 79.2 Å². The Labute approximate surface area is 307 Å². The molecule has 2 N–H and O–H groups in total. The number of carbonyl (C=O) groups is 2. The van der Waals surface area contributed by atoms with E-state index in [1.54, 1.807) is 17.3 Å². The van der Waals surface area contributed by atoms with Crippen LogP contribution in [0, 0.1) is 0 Å². The lowest BCUT2D eigenvalue weighted by molar-refractivity contribution is 0.0204. The van der Waals surface area contributed by atoms with Crippen LogP contribution in [0.3, 0.4) is 0 Å². The molecule has 1 aliphatic rings. The van der Waals surface area contributed by atoms with Gasteiger partial charge in [0, 0.05) is 26.8 Å². The highest BCUT2D eigenvalue weighted by molar-refractivity contribution is 6.76. The number of imidazole rings is 2. The number of carbonyl (C=O) groups excluding carboxylic acids is 2. The summed E-state index contributed by atoms with van der Waals surface area (Å²) in [5.74, 6) is 1.38. The van der Waals surface area contributed by atoms with Gasteiger partial charge < -0.3 is 29.1 Å². The van der Waals surface area contributed by atoms with Crippen LogP contribution in [-0.2, 0) is 20.9 Å². The molecule has 1 saturated heterocycles. The SMILES string of the molecule is C[C@H](NC(=O)OC(C)(C)C)c1ncc(-c2ccc(-c3ccc(-c4cnc([C@@H]5CCCN5C(=O)OC(C)(C)C)n4COCC[Si](C)(C)C)nn3)cc2)[nH]1. The van der Waals surface area contributed by atoms with Crippen molar-refractivity contribution in [1.82, 2.24) is 39.9 Å². The Balaban J connectivity index is 1.32. The Hall–Kier alpha value is -4.56. The Kier molecular flexibility index (Phi) is 11.6. The summed E-state index contributed by atoms with van der Waals surface area (Å²) < 4.78 is 19.4. The third-order valence-electron chi connectivity index (χ3n) is 8.44. The van der Waals surface area contributed by atoms with Crippen LogP contribution >= 0.6 is 0 Å². The minimum atomic E-state index is -1.29. The number of nitrogens with zero attached hydrogens (tertiary/aromatic N) is 6. The van der Waals surface area contributed by atoms with E-state index in [4.69, 9.17) is 19.2 Å². The van der Waals surface area contributed by atoms with Crippen LogP contribution in [0.15, 0.2) is 48.8 Å². The fraction of sp³-hybridized carbons (Fsp3) is 0.526. The van der Waals surface area contributed by atoms with E-state index in [1.807, 2.05) is 89.4 Å². The number of alkyl carbamates (subject to hydrolysis) is 1. The quantitative estimate of drug-likeness (QED) is 0.115. The summed E-state index contributed by atoms with van der Waals surface area (Å²) in [5.41, 5.74) is 3.66. The summed E-state index contributed by atoms with van der Waals surface area (Å²) in [7, 11) is -1.29. The van der Waals surface area contributed by atoms with E-state index in [0.717, 1.165) is 52.9 Å². The maximum atomic E-state index is 13.2. The zero-order valence-electron chi connectivity index (χ0n) is 32.2. The maximum absolute atomic E-state index is 13.2. The number of hydrogen-bond acceptors (Lipinski definition) is 9. The van der Waals surface area contributed by atoms with Gasteiger partial charge in [-0.2, -0.15) is 0 Å². The molecule has 5 rings (SSSR count). The number of hydrogen-bond donors (Lipinski definition) is 2. The second kappa shape index (κ2) is 15.6. The molecule has 2 atom stereocenters. The topological polar surface area (TPSA) is 149 Å². The second-order valence-electron chi connectivity index (χ2n) is 16.5. The Morgan fingerprint density at radius 3 is 2.21 bits per heavy atom. The highest BCUT2D eigenvalue weighted by Crippen LogP contribution is 2.35. The number of H-pyrrole nitrogens is 1. The van der Waals surface area contributed by atoms with Gasteiger partial charge in [0.25, 0.3) is 0 Å². The first-order chi connectivity index (χ1) is 24.4. The van der Waals surface area contributed by atoms with Gasteiger partial charge in [-0.15, -0.1) is 10.2 Å². The number of benzene rings is 1. The van der Waals surface area contributed by atoms with Crippen molar-refractivity contribution in [3.63, 3.8) is 0 Å². The summed E-state index contributed by atoms with van der Waals surface area (Å²) >= 11 is 0. The molecule has 1 fully saturated rings. The highest BCUT2D eigenvalue weighted by Gasteiger charge is 2.36. The third kappa shape index (κ3) is 10.3. The van der Waals surface area contributed by atoms with Gasteiger partial charge in [-0.1, -0.05) is 43.9 Å². The van der Waals surface area contributed by atoms with Crippen molar-refractivity contribution in [3.05, 3.63) is 60.4 Å². The molecule has 2 amide bonds. The second-order valence-corrected chi connectivity index (χ2v) is 22.2. The monoisotopic (exact) mass is 730 g/mol. The third-order valence-corrected chi connectivity index (χ3v) is 10.1. The van der Waals surface area contributed by atoms with Crippen molar-refractivity contribution in [1.29, 1.82) is 0 Å². The highest BCUT2D eigenvalue weighted by atomic mass is 28.3. The Morgan fingerprint density at radius 1 is 0.923 bits per heavy atom. The van der Waals surface area contributed by atoms with Crippen LogP contribution in [0.1, 0.15) is 85.0 Å². The van der Waals surface area contributed by atoms with E-state index < -0.39 is 25.4 Å². The van der Waals surface area contributed by atoms with Crippen molar-refractivity contribution in [3.8, 4) is 33.9 Å². The van der Waals surface area contributed by atoms with Gasteiger partial charge in [0.15, 0.2) is 0 Å². The normalized spacial score (nSPS) is 15.8. The largest absolute Gasteiger partial charge is 0.444 e. The van der Waals surface area contributed by atoms with E-state index in [1.165, 1.54) is 0 Å². The molecule has 0 unspecified atom stereocenters. The van der Waals surface area contributed by atoms with E-state index in [0.29, 0.717) is 31.4 Å². The average Bonchev–Trinajstić information content (AvgIpc) is 3.81. The number of aromatic amines is 1. The smallest absolute Gasteiger partial charge is 0.410 e. The van der Waals surface area contributed by atoms with Gasteiger partial charge in [-0.3, -0.25) is 4.90 Å². The van der Waals surface area contributed by atoms with Crippen molar-refractivity contribution in [2.75, 3.05) is 13.2 Å². The number of nitrogens with one attached hydrogen (secondary N) is 2. The maximum Gasteiger partial charge on any atom is 0.410 e. The van der Waals surface area contributed by atoms with Gasteiger partial charge in [0.05, 0.1) is 41.6 Å². The zero-order valence-corrected chi connectivity index (χ0v) is 33.2. The number of aromatic nitrogens is 6. The lowest BCUT2D eigenvalue weighted by atomic mass is 10.1. The van der Waals surface area contributed by atoms with E-state index in [-0.39, 0.29) is 18.2 Å². The molecule has 0 saturated carbocycles. The van der Waals surface area contributed by atoms with Crippen LogP contribution in [0.4, 0.5) is 9.59 Å². The molecule has 0 bridgehead atoms. The molecule has 4 aromatic rings. The first kappa shape index (κ1) is 38.7. The molecule has 280 valence electrons. The van der Waals surface area contributed by atoms with Crippen LogP contribution < -0.4 is 5.32 Å². The van der Waals surface area contributed by atoms with E-state index >= 15 is 0 Å². The molecular weight excluding hydrogens is 677 g/mol. The summed E-state index contributed by atoms with van der Waals surface area (Å²) in [4.78, 5) is 39.8. The van der Waals surface area contributed by atoms with Crippen molar-refractivity contribution in [2.45, 2.75) is 117 Å². The van der Waals surface area contributed by atoms with Gasteiger partial charge in [-0.25, -0.2) is 19.6 Å². The summed E-state index contributed by atoms with van der Waals surface area (Å²) in [6.07, 6.45) is 4.36. The van der Waals surface area contributed by atoms with Crippen molar-refractivity contribution < 1.29 is 23.8 Å². The number of likely N-dealkylation sites (tertiary alicyclic amines) is 1. The predicted octanol–water partition coefficient (Wildman–Crippen LogP) is 8.37. The molecular formula is C38H54N8O5Si. The van der Waals surface area contributed by atoms with Crippen molar-refractivity contribution in [2.24, 2.45) is 0 Å². The van der Waals surface area contributed by atoms with Crippen molar-refractivity contribution >= 4 is 20.3 Å². The van der Waals surface area contributed by atoms with Crippen LogP contribution in [0.5, 0.6) is 0 Å². The molecule has 52 heavy (non-hydrogen) atoms. The van der Waals surface area contributed by atoms with Crippen LogP contribution in [0.2, 0.25) is 25.7 Å². The van der Waals surface area contributed by atoms with Gasteiger partial charge in [0.2, 0.25) is 0 Å². The molecule has 4 heterocycles. The van der Waals surface area contributed by atoms with E-state index in [2.05, 4.69) is 45.1 Å². The lowest BCUT2D eigenvalue weighted by Crippen LogP contribution is -2.37. The number of ether oxygens (including phenoxy) is 3. The standard InChI is InChI=1S/C38H54N8O5Si/c1-25(41-35(47)50-37(2,3)4)33-39-22-30(42-33)27-15-13-26(14-16-27)28-17-18-29(44-43-28)32-23-40-34(46(32)24-49-20-21-52(8,9)10)31-12-11-19-45(31)36(48)51-38(5,6)7/h13-18,22-23,25,31H,11-12,19-21,24H2,1-10H3,(H,39,42)(H,41,47)/t25-,31-/m0/s1. The fourth-order valence-corrected chi connectivity index (χ4v) is 6.56. The molecule has 13 nitrogen and oxygen atoms in total. The summed E-state index contributed by atoms with van der Waals surface area (Å²) in [6.45, 7) is 21.5. The molecule has 3 aromatic heterocycles. The van der Waals surface area contributed by atoms with E-state index in [9.17, 15) is 9.59 Å². The summed E-state index contributed by atoms with van der Waals surface area (Å²) in [5, 5.41) is 12.0. The first-order valence-corrected chi connectivity index (χ1v) is 21.7. The van der Waals surface area contributed by atoms with Crippen LogP contribution in [0.25, 0.3) is 33.9 Å². The van der Waals surface area contributed by atoms with Gasteiger partial charge in [0.1, 0.15) is 35.3 Å². The molecule has 14 heteroatoms. The van der Waals surface area contributed by atoms with Gasteiger partial charge in [-0.05, 0) is 85.0 Å². The Bertz CT molecular complexity index is 1820. The molecule has 1 aliphatic heterocycles. The predicted molar refractivity (Wildman–Crippen MR) is 203 cm³/mol. The average molecular weight is 731 g/mol. The number of amides is 2. The first-order valence-electron chi connectivity index (χ1n) is 18.0. The fourth-order valence-electron chi connectivity index (χ4n) is 5.80. The molecule has 0 spiro atoms. The molecule has 0 aliphatic carbocycles. The Morgan fingerprint density at radius 2 is 1.58 bits per heavy atom. The van der Waals surface area contributed by atoms with Gasteiger partial charge >= 0.3 is 12.2 Å².